The number of hydrogen-bond donors (Lipinski definition) is 2. The summed E-state index contributed by atoms with van der Waals surface area (Å²) in [4.78, 5) is 28.0. The fourth-order valence-electron chi connectivity index (χ4n) is 5.67. The van der Waals surface area contributed by atoms with Crippen molar-refractivity contribution in [2.75, 3.05) is 18.5 Å². The van der Waals surface area contributed by atoms with Crippen LogP contribution in [0.15, 0.2) is 78.9 Å². The highest BCUT2D eigenvalue weighted by Gasteiger charge is 2.55. The molecule has 5 rings (SSSR count). The Balaban J connectivity index is 1.36. The number of para-hydroxylation sites is 1. The smallest absolute Gasteiger partial charge is 0.329 e. The summed E-state index contributed by atoms with van der Waals surface area (Å²) >= 11 is 6.14. The normalized spacial score (nSPS) is 22.9. The monoisotopic (exact) mass is 504 g/mol. The van der Waals surface area contributed by atoms with Gasteiger partial charge in [-0.15, -0.1) is 0 Å². The number of amides is 1. The Morgan fingerprint density at radius 2 is 1.69 bits per heavy atom. The van der Waals surface area contributed by atoms with E-state index < -0.39 is 17.0 Å². The number of carboxylic acid groups (broad SMARTS) is 1. The number of carboxylic acids is 1. The van der Waals surface area contributed by atoms with E-state index in [-0.39, 0.29) is 5.91 Å². The van der Waals surface area contributed by atoms with Crippen molar-refractivity contribution in [1.29, 1.82) is 0 Å². The lowest BCUT2D eigenvalue weighted by atomic mass is 9.69. The van der Waals surface area contributed by atoms with Crippen LogP contribution in [0.1, 0.15) is 48.0 Å². The number of ether oxygens (including phenoxy) is 1. The summed E-state index contributed by atoms with van der Waals surface area (Å²) in [5.74, 6) is -0.0760. The molecular formula is C29H29ClN2O4. The Morgan fingerprint density at radius 3 is 2.42 bits per heavy atom. The predicted molar refractivity (Wildman–Crippen MR) is 140 cm³/mol. The van der Waals surface area contributed by atoms with E-state index in [0.717, 1.165) is 11.3 Å². The minimum Gasteiger partial charge on any atom is -0.494 e. The van der Waals surface area contributed by atoms with Crippen molar-refractivity contribution in [2.45, 2.75) is 43.2 Å². The molecule has 3 aromatic carbocycles. The Bertz CT molecular complexity index is 1250. The molecule has 1 spiro atoms. The van der Waals surface area contributed by atoms with Crippen molar-refractivity contribution >= 4 is 29.2 Å². The Kier molecular flexibility index (Phi) is 6.63. The van der Waals surface area contributed by atoms with Gasteiger partial charge >= 0.3 is 5.97 Å². The quantitative estimate of drug-likeness (QED) is 0.369. The average Bonchev–Trinajstić information content (AvgIpc) is 3.11. The molecule has 1 heterocycles. The van der Waals surface area contributed by atoms with E-state index in [0.29, 0.717) is 61.5 Å². The zero-order chi connectivity index (χ0) is 25.2. The van der Waals surface area contributed by atoms with Gasteiger partial charge in [0.1, 0.15) is 11.3 Å². The third-order valence-corrected chi connectivity index (χ3v) is 7.74. The molecule has 1 fully saturated rings. The molecule has 7 heteroatoms. The van der Waals surface area contributed by atoms with E-state index in [1.54, 1.807) is 18.2 Å². The van der Waals surface area contributed by atoms with Gasteiger partial charge in [0.05, 0.1) is 12.1 Å². The summed E-state index contributed by atoms with van der Waals surface area (Å²) in [6, 6.07) is 24.5. The van der Waals surface area contributed by atoms with Crippen LogP contribution in [-0.4, -0.2) is 40.6 Å². The molecule has 0 radical (unpaired) electrons. The minimum atomic E-state index is -1.13. The van der Waals surface area contributed by atoms with E-state index in [1.807, 2.05) is 65.6 Å². The van der Waals surface area contributed by atoms with Crippen molar-refractivity contribution in [1.82, 2.24) is 4.90 Å². The first-order valence-electron chi connectivity index (χ1n) is 12.3. The summed E-state index contributed by atoms with van der Waals surface area (Å²) < 4.78 is 5.86. The Labute approximate surface area is 215 Å². The van der Waals surface area contributed by atoms with Gasteiger partial charge in [0, 0.05) is 22.8 Å². The third-order valence-electron chi connectivity index (χ3n) is 7.51. The van der Waals surface area contributed by atoms with Gasteiger partial charge in [-0.25, -0.2) is 4.79 Å². The van der Waals surface area contributed by atoms with Gasteiger partial charge in [-0.2, -0.15) is 0 Å². The number of nitrogens with one attached hydrogen (secondary N) is 1. The number of carbonyl (C=O) groups excluding carboxylic acids is 1. The molecule has 3 aromatic rings. The van der Waals surface area contributed by atoms with Crippen molar-refractivity contribution in [3.8, 4) is 5.75 Å². The molecule has 0 atom stereocenters. The number of halogens is 1. The van der Waals surface area contributed by atoms with Crippen molar-refractivity contribution < 1.29 is 19.4 Å². The summed E-state index contributed by atoms with van der Waals surface area (Å²) in [5, 5.41) is 14.1. The fraction of sp³-hybridized carbons (Fsp3) is 0.310. The van der Waals surface area contributed by atoms with Crippen LogP contribution in [0.2, 0.25) is 5.02 Å². The van der Waals surface area contributed by atoms with E-state index >= 15 is 0 Å². The highest BCUT2D eigenvalue weighted by molar-refractivity contribution is 6.30. The zero-order valence-electron chi connectivity index (χ0n) is 20.0. The number of benzene rings is 3. The summed E-state index contributed by atoms with van der Waals surface area (Å²) in [7, 11) is 0. The van der Waals surface area contributed by atoms with Crippen LogP contribution >= 0.6 is 11.6 Å². The van der Waals surface area contributed by atoms with Crippen LogP contribution in [0.4, 0.5) is 5.69 Å². The first kappa shape index (κ1) is 24.2. The molecule has 186 valence electrons. The maximum absolute atomic E-state index is 13.5. The van der Waals surface area contributed by atoms with E-state index in [9.17, 15) is 14.7 Å². The number of rotatable bonds is 8. The molecule has 36 heavy (non-hydrogen) atoms. The van der Waals surface area contributed by atoms with Crippen LogP contribution in [0.3, 0.4) is 0 Å². The SMILES string of the molecule is O=C1c2ccccc2C2(CCC(Nc3cccc(Cl)c3)(C(=O)O)CC2)N1CCCOc1ccccc1. The molecular weight excluding hydrogens is 476 g/mol. The van der Waals surface area contributed by atoms with Gasteiger partial charge in [0.25, 0.3) is 5.91 Å². The molecule has 1 aliphatic heterocycles. The second kappa shape index (κ2) is 9.86. The van der Waals surface area contributed by atoms with Gasteiger partial charge in [0.2, 0.25) is 0 Å². The van der Waals surface area contributed by atoms with E-state index in [2.05, 4.69) is 5.32 Å². The molecule has 1 amide bonds. The lowest BCUT2D eigenvalue weighted by Gasteiger charge is -2.48. The number of fused-ring (bicyclic) bond motifs is 2. The lowest BCUT2D eigenvalue weighted by molar-refractivity contribution is -0.144. The number of anilines is 1. The van der Waals surface area contributed by atoms with Crippen molar-refractivity contribution in [2.24, 2.45) is 0 Å². The molecule has 0 unspecified atom stereocenters. The Morgan fingerprint density at radius 1 is 0.972 bits per heavy atom. The molecule has 0 saturated heterocycles. The van der Waals surface area contributed by atoms with Gasteiger partial charge in [0.15, 0.2) is 0 Å². The second-order valence-corrected chi connectivity index (χ2v) is 10.0. The van der Waals surface area contributed by atoms with Crippen LogP contribution in [0.25, 0.3) is 0 Å². The average molecular weight is 505 g/mol. The number of hydrogen-bond acceptors (Lipinski definition) is 4. The van der Waals surface area contributed by atoms with Gasteiger partial charge in [-0.05, 0) is 74.1 Å². The number of nitrogens with zero attached hydrogens (tertiary/aromatic N) is 1. The molecule has 1 aliphatic carbocycles. The first-order chi connectivity index (χ1) is 17.4. The van der Waals surface area contributed by atoms with Crippen molar-refractivity contribution in [3.63, 3.8) is 0 Å². The molecule has 1 saturated carbocycles. The van der Waals surface area contributed by atoms with E-state index in [4.69, 9.17) is 16.3 Å². The van der Waals surface area contributed by atoms with Crippen LogP contribution in [-0.2, 0) is 10.3 Å². The maximum Gasteiger partial charge on any atom is 0.329 e. The van der Waals surface area contributed by atoms with Crippen LogP contribution in [0.5, 0.6) is 5.75 Å². The van der Waals surface area contributed by atoms with Gasteiger partial charge in [-0.3, -0.25) is 4.79 Å². The zero-order valence-corrected chi connectivity index (χ0v) is 20.7. The largest absolute Gasteiger partial charge is 0.494 e. The van der Waals surface area contributed by atoms with Crippen LogP contribution in [0, 0.1) is 0 Å². The first-order valence-corrected chi connectivity index (χ1v) is 12.7. The molecule has 2 aliphatic rings. The summed E-state index contributed by atoms with van der Waals surface area (Å²) in [6.45, 7) is 1.04. The van der Waals surface area contributed by atoms with Gasteiger partial charge in [-0.1, -0.05) is 54.1 Å². The predicted octanol–water partition coefficient (Wildman–Crippen LogP) is 5.97. The lowest BCUT2D eigenvalue weighted by Crippen LogP contribution is -2.56. The topological polar surface area (TPSA) is 78.9 Å². The highest BCUT2D eigenvalue weighted by atomic mass is 35.5. The highest BCUT2D eigenvalue weighted by Crippen LogP contribution is 2.51. The second-order valence-electron chi connectivity index (χ2n) is 9.57. The van der Waals surface area contributed by atoms with E-state index in [1.165, 1.54) is 0 Å². The third kappa shape index (κ3) is 4.42. The van der Waals surface area contributed by atoms with Gasteiger partial charge < -0.3 is 20.1 Å². The molecule has 0 aromatic heterocycles. The standard InChI is InChI=1S/C29H29ClN2O4/c30-21-8-6-9-22(20-21)31-28(27(34)35)14-16-29(17-15-28)25-13-5-4-12-24(25)26(33)32(29)18-7-19-36-23-10-2-1-3-11-23/h1-6,8-13,20,31H,7,14-19H2,(H,34,35). The molecule has 2 N–H and O–H groups in total. The summed E-state index contributed by atoms with van der Waals surface area (Å²) in [5.41, 5.74) is 0.750. The fourth-order valence-corrected chi connectivity index (χ4v) is 5.86. The Hall–Kier alpha value is -3.51. The number of carbonyl (C=O) groups is 2. The van der Waals surface area contributed by atoms with Crippen LogP contribution < -0.4 is 10.1 Å². The summed E-state index contributed by atoms with van der Waals surface area (Å²) in [6.07, 6.45) is 2.55. The maximum atomic E-state index is 13.5. The minimum absolute atomic E-state index is 0.0101. The van der Waals surface area contributed by atoms with Crippen molar-refractivity contribution in [3.05, 3.63) is 95.0 Å². The molecule has 0 bridgehead atoms. The molecule has 6 nitrogen and oxygen atoms in total. The number of aliphatic carboxylic acids is 1.